The number of benzene rings is 1. The van der Waals surface area contributed by atoms with E-state index >= 15 is 0 Å². The number of nitriles is 3. The summed E-state index contributed by atoms with van der Waals surface area (Å²) in [6.07, 6.45) is 35.8. The van der Waals surface area contributed by atoms with E-state index in [-0.39, 0.29) is 67.8 Å². The topological polar surface area (TPSA) is 176 Å². The summed E-state index contributed by atoms with van der Waals surface area (Å²) in [4.78, 5) is 28.6. The van der Waals surface area contributed by atoms with Crippen LogP contribution < -0.4 is 14.2 Å². The molecule has 342 valence electrons. The number of nitrogens with zero attached hydrogens (tertiary/aromatic N) is 9. The van der Waals surface area contributed by atoms with Crippen LogP contribution >= 0.6 is 0 Å². The third kappa shape index (κ3) is 17.3. The maximum atomic E-state index is 10.2. The Morgan fingerprint density at radius 2 is 0.476 bits per heavy atom. The lowest BCUT2D eigenvalue weighted by atomic mass is 10.1. The summed E-state index contributed by atoms with van der Waals surface area (Å²) >= 11 is 0. The van der Waals surface area contributed by atoms with E-state index in [9.17, 15) is 15.8 Å². The van der Waals surface area contributed by atoms with Gasteiger partial charge in [0, 0.05) is 0 Å². The summed E-state index contributed by atoms with van der Waals surface area (Å²) < 4.78 is 18.3. The molecule has 0 amide bonds. The lowest BCUT2D eigenvalue weighted by Gasteiger charge is -2.14. The van der Waals surface area contributed by atoms with Crippen LogP contribution in [0.5, 0.6) is 17.6 Å². The van der Waals surface area contributed by atoms with Crippen LogP contribution in [0.4, 0.5) is 0 Å². The number of rotatable bonds is 36. The van der Waals surface area contributed by atoms with Gasteiger partial charge in [-0.25, -0.2) is 29.9 Å². The van der Waals surface area contributed by atoms with Crippen LogP contribution in [0.15, 0.2) is 0 Å². The molecule has 0 aliphatic heterocycles. The molecule has 4 aromatic rings. The van der Waals surface area contributed by atoms with Crippen molar-refractivity contribution >= 4 is 33.1 Å². The van der Waals surface area contributed by atoms with E-state index in [1.54, 1.807) is 0 Å². The summed E-state index contributed by atoms with van der Waals surface area (Å²) in [6, 6.07) is 6.45. The van der Waals surface area contributed by atoms with Crippen molar-refractivity contribution in [3.05, 3.63) is 17.1 Å². The molecule has 0 spiro atoms. The summed E-state index contributed by atoms with van der Waals surface area (Å²) in [7, 11) is 0. The summed E-state index contributed by atoms with van der Waals surface area (Å²) in [5.74, 6) is 0.256. The Morgan fingerprint density at radius 1 is 0.286 bits per heavy atom. The first-order valence-electron chi connectivity index (χ1n) is 25.0. The van der Waals surface area contributed by atoms with Gasteiger partial charge in [-0.1, -0.05) is 194 Å². The minimum absolute atomic E-state index is 0.000803. The number of hydrogen-bond acceptors (Lipinski definition) is 12. The van der Waals surface area contributed by atoms with Gasteiger partial charge in [0.25, 0.3) is 17.6 Å². The molecule has 0 fully saturated rings. The Balaban J connectivity index is 1.55. The molecule has 0 bridgehead atoms. The molecule has 0 aliphatic carbocycles. The summed E-state index contributed by atoms with van der Waals surface area (Å²) in [5.41, 5.74) is 1.49. The van der Waals surface area contributed by atoms with Crippen molar-refractivity contribution in [2.75, 3.05) is 19.8 Å². The van der Waals surface area contributed by atoms with Crippen molar-refractivity contribution in [3.63, 3.8) is 0 Å². The lowest BCUT2D eigenvalue weighted by Crippen LogP contribution is -2.08. The van der Waals surface area contributed by atoms with E-state index in [4.69, 9.17) is 44.1 Å². The highest BCUT2D eigenvalue weighted by Crippen LogP contribution is 2.35. The lowest BCUT2D eigenvalue weighted by molar-refractivity contribution is 0.291. The Kier molecular flexibility index (Phi) is 25.0. The van der Waals surface area contributed by atoms with Gasteiger partial charge in [-0.05, 0) is 19.3 Å². The monoisotopic (exact) mass is 862 g/mol. The minimum atomic E-state index is -0.000803. The van der Waals surface area contributed by atoms with Crippen molar-refractivity contribution in [2.24, 2.45) is 0 Å². The van der Waals surface area contributed by atoms with Crippen LogP contribution in [0.1, 0.15) is 230 Å². The average molecular weight is 862 g/mol. The smallest absolute Gasteiger partial charge is 0.251 e. The highest BCUT2D eigenvalue weighted by atomic mass is 16.5. The molecule has 4 rings (SSSR count). The number of hydrogen-bond donors (Lipinski definition) is 0. The first kappa shape index (κ1) is 50.8. The van der Waals surface area contributed by atoms with E-state index in [0.29, 0.717) is 19.8 Å². The van der Waals surface area contributed by atoms with Gasteiger partial charge in [-0.15, -0.1) is 0 Å². The van der Waals surface area contributed by atoms with Crippen molar-refractivity contribution < 1.29 is 14.2 Å². The molecule has 0 atom stereocenters. The summed E-state index contributed by atoms with van der Waals surface area (Å²) in [6.45, 7) is 7.87. The van der Waals surface area contributed by atoms with Crippen LogP contribution in [0, 0.1) is 34.0 Å². The second-order valence-corrected chi connectivity index (χ2v) is 17.2. The molecular formula is C51H75N9O3. The van der Waals surface area contributed by atoms with Crippen molar-refractivity contribution in [1.82, 2.24) is 29.9 Å². The van der Waals surface area contributed by atoms with Crippen molar-refractivity contribution in [1.29, 1.82) is 15.8 Å². The molecule has 12 heteroatoms. The standard InChI is InChI=1S/C51H75N9O3/c1-4-7-10-13-16-19-22-25-28-31-34-61-49-40(37-52)55-43-46(58-49)44-48(60-50(41(38-53)56-44)62-35-32-29-26-23-20-17-14-11-8-5-2)45-47(43)59-51(42(39-54)57-45)63-36-33-30-27-24-21-18-15-12-9-6-3/h4-36H2,1-3H3. The number of fused-ring (bicyclic) bond motifs is 6. The zero-order valence-electron chi connectivity index (χ0n) is 39.1. The average Bonchev–Trinajstić information content (AvgIpc) is 3.31. The molecular weight excluding hydrogens is 787 g/mol. The predicted molar refractivity (Wildman–Crippen MR) is 252 cm³/mol. The zero-order chi connectivity index (χ0) is 44.7. The molecule has 3 aromatic heterocycles. The highest BCUT2D eigenvalue weighted by Gasteiger charge is 2.24. The van der Waals surface area contributed by atoms with Gasteiger partial charge in [0.05, 0.1) is 19.8 Å². The maximum absolute atomic E-state index is 10.2. The Hall–Kier alpha value is -4.89. The van der Waals surface area contributed by atoms with Gasteiger partial charge in [0.1, 0.15) is 51.3 Å². The van der Waals surface area contributed by atoms with E-state index in [1.807, 2.05) is 0 Å². The van der Waals surface area contributed by atoms with Crippen LogP contribution in [0.25, 0.3) is 33.1 Å². The van der Waals surface area contributed by atoms with Gasteiger partial charge in [-0.2, -0.15) is 15.8 Å². The van der Waals surface area contributed by atoms with Crippen LogP contribution in [0.3, 0.4) is 0 Å². The van der Waals surface area contributed by atoms with Crippen molar-refractivity contribution in [3.8, 4) is 35.8 Å². The quantitative estimate of drug-likeness (QED) is 0.0313. The maximum Gasteiger partial charge on any atom is 0.251 e. The normalized spacial score (nSPS) is 11.2. The molecule has 12 nitrogen and oxygen atoms in total. The Bertz CT molecular complexity index is 1810. The third-order valence-corrected chi connectivity index (χ3v) is 11.8. The van der Waals surface area contributed by atoms with Gasteiger partial charge in [0.15, 0.2) is 0 Å². The first-order chi connectivity index (χ1) is 31.1. The number of unbranched alkanes of at least 4 members (excludes halogenated alkanes) is 27. The van der Waals surface area contributed by atoms with Gasteiger partial charge >= 0.3 is 0 Å². The van der Waals surface area contributed by atoms with Gasteiger partial charge in [0.2, 0.25) is 17.1 Å². The Labute approximate surface area is 378 Å². The highest BCUT2D eigenvalue weighted by molar-refractivity contribution is 6.18. The third-order valence-electron chi connectivity index (χ3n) is 11.8. The van der Waals surface area contributed by atoms with E-state index < -0.39 is 0 Å². The second-order valence-electron chi connectivity index (χ2n) is 17.2. The van der Waals surface area contributed by atoms with E-state index in [0.717, 1.165) is 57.8 Å². The SMILES string of the molecule is CCCCCCCCCCCCOc1nc2c(nc1C#N)c1nc(OCCCCCCCCCCCC)c(C#N)nc1c1nc(OCCCCCCCCCCCC)c(C#N)nc21. The molecule has 1 aromatic carbocycles. The van der Waals surface area contributed by atoms with Crippen LogP contribution in [-0.4, -0.2) is 49.7 Å². The minimum Gasteiger partial charge on any atom is -0.476 e. The van der Waals surface area contributed by atoms with Crippen LogP contribution in [-0.2, 0) is 0 Å². The molecule has 0 radical (unpaired) electrons. The molecule has 0 saturated carbocycles. The van der Waals surface area contributed by atoms with Gasteiger partial charge in [-0.3, -0.25) is 0 Å². The van der Waals surface area contributed by atoms with E-state index in [2.05, 4.69) is 39.0 Å². The molecule has 0 saturated heterocycles. The van der Waals surface area contributed by atoms with E-state index in [1.165, 1.54) is 135 Å². The molecule has 0 aliphatic rings. The van der Waals surface area contributed by atoms with Gasteiger partial charge < -0.3 is 14.2 Å². The summed E-state index contributed by atoms with van der Waals surface area (Å²) in [5, 5.41) is 30.7. The molecule has 3 heterocycles. The largest absolute Gasteiger partial charge is 0.476 e. The zero-order valence-corrected chi connectivity index (χ0v) is 39.1. The predicted octanol–water partition coefficient (Wildman–Crippen LogP) is 14.0. The number of aromatic nitrogens is 6. The fourth-order valence-electron chi connectivity index (χ4n) is 8.05. The second kappa shape index (κ2) is 31.0. The molecule has 0 unspecified atom stereocenters. The fraction of sp³-hybridized carbons (Fsp3) is 0.706. The Morgan fingerprint density at radius 3 is 0.683 bits per heavy atom. The molecule has 0 N–H and O–H groups in total. The fourth-order valence-corrected chi connectivity index (χ4v) is 8.05. The van der Waals surface area contributed by atoms with Crippen LogP contribution in [0.2, 0.25) is 0 Å². The first-order valence-corrected chi connectivity index (χ1v) is 25.0. The number of ether oxygens (including phenoxy) is 3. The van der Waals surface area contributed by atoms with Crippen molar-refractivity contribution in [2.45, 2.75) is 213 Å². The molecule has 63 heavy (non-hydrogen) atoms.